The van der Waals surface area contributed by atoms with Crippen molar-refractivity contribution in [2.75, 3.05) is 5.32 Å². The summed E-state index contributed by atoms with van der Waals surface area (Å²) in [4.78, 5) is 17.1. The number of aromatic nitrogens is 1. The summed E-state index contributed by atoms with van der Waals surface area (Å²) in [7, 11) is 0. The smallest absolute Gasteiger partial charge is 0.237 e. The van der Waals surface area contributed by atoms with E-state index in [4.69, 9.17) is 0 Å². The number of amides is 1. The van der Waals surface area contributed by atoms with Gasteiger partial charge in [-0.3, -0.25) is 4.79 Å². The third-order valence-electron chi connectivity index (χ3n) is 4.01. The SMILES string of the molecule is Cc1cc(C)c(NC(=O)[C@H](C)Sc2nc(C)cc(C)c2C#N)c(C)c1. The highest BCUT2D eigenvalue weighted by Gasteiger charge is 2.20. The first-order valence-corrected chi connectivity index (χ1v) is 9.04. The lowest BCUT2D eigenvalue weighted by atomic mass is 10.1. The second kappa shape index (κ2) is 7.71. The van der Waals surface area contributed by atoms with Crippen molar-refractivity contribution in [2.24, 2.45) is 0 Å². The summed E-state index contributed by atoms with van der Waals surface area (Å²) in [6, 6.07) is 8.19. The van der Waals surface area contributed by atoms with E-state index in [1.165, 1.54) is 17.3 Å². The average Bonchev–Trinajstić information content (AvgIpc) is 2.50. The van der Waals surface area contributed by atoms with Crippen molar-refractivity contribution in [2.45, 2.75) is 51.8 Å². The molecule has 1 aromatic carbocycles. The summed E-state index contributed by atoms with van der Waals surface area (Å²) in [5.41, 5.74) is 6.39. The number of carbonyl (C=O) groups excluding carboxylic acids is 1. The van der Waals surface area contributed by atoms with Crippen LogP contribution >= 0.6 is 11.8 Å². The van der Waals surface area contributed by atoms with E-state index in [2.05, 4.69) is 28.5 Å². The number of carbonyl (C=O) groups is 1. The molecule has 25 heavy (non-hydrogen) atoms. The first-order chi connectivity index (χ1) is 11.7. The van der Waals surface area contributed by atoms with Crippen molar-refractivity contribution < 1.29 is 4.79 Å². The molecule has 0 spiro atoms. The Kier molecular flexibility index (Phi) is 5.86. The van der Waals surface area contributed by atoms with Gasteiger partial charge in [-0.25, -0.2) is 4.98 Å². The Hall–Kier alpha value is -2.32. The molecule has 1 heterocycles. The van der Waals surface area contributed by atoms with Crippen LogP contribution in [0.1, 0.15) is 40.4 Å². The number of benzene rings is 1. The summed E-state index contributed by atoms with van der Waals surface area (Å²) < 4.78 is 0. The molecule has 5 heteroatoms. The maximum Gasteiger partial charge on any atom is 0.237 e. The topological polar surface area (TPSA) is 65.8 Å². The van der Waals surface area contributed by atoms with Gasteiger partial charge in [-0.2, -0.15) is 5.26 Å². The van der Waals surface area contributed by atoms with Crippen molar-refractivity contribution >= 4 is 23.4 Å². The Morgan fingerprint density at radius 2 is 1.72 bits per heavy atom. The molecular formula is C20H23N3OS. The van der Waals surface area contributed by atoms with Gasteiger partial charge in [0.25, 0.3) is 0 Å². The van der Waals surface area contributed by atoms with Gasteiger partial charge >= 0.3 is 0 Å². The van der Waals surface area contributed by atoms with Crippen molar-refractivity contribution in [3.05, 3.63) is 51.7 Å². The zero-order valence-electron chi connectivity index (χ0n) is 15.5. The van der Waals surface area contributed by atoms with Crippen molar-refractivity contribution in [1.82, 2.24) is 4.98 Å². The Bertz CT molecular complexity index is 845. The molecule has 1 atom stereocenters. The lowest BCUT2D eigenvalue weighted by Gasteiger charge is -2.16. The lowest BCUT2D eigenvalue weighted by molar-refractivity contribution is -0.115. The molecule has 0 saturated carbocycles. The molecule has 130 valence electrons. The Labute approximate surface area is 153 Å². The van der Waals surface area contributed by atoms with Crippen LogP contribution in [0.25, 0.3) is 0 Å². The molecule has 0 bridgehead atoms. The number of pyridine rings is 1. The predicted molar refractivity (Wildman–Crippen MR) is 103 cm³/mol. The molecule has 0 aliphatic heterocycles. The summed E-state index contributed by atoms with van der Waals surface area (Å²) >= 11 is 1.32. The zero-order chi connectivity index (χ0) is 18.7. The fourth-order valence-corrected chi connectivity index (χ4v) is 3.87. The third-order valence-corrected chi connectivity index (χ3v) is 5.09. The normalized spacial score (nSPS) is 11.7. The van der Waals surface area contributed by atoms with Crippen LogP contribution in [0.3, 0.4) is 0 Å². The third kappa shape index (κ3) is 4.40. The quantitative estimate of drug-likeness (QED) is 0.815. The highest BCUT2D eigenvalue weighted by atomic mass is 32.2. The van der Waals surface area contributed by atoms with Gasteiger partial charge in [0.15, 0.2) is 0 Å². The number of nitrogens with zero attached hydrogens (tertiary/aromatic N) is 2. The van der Waals surface area contributed by atoms with Crippen LogP contribution in [0.15, 0.2) is 23.2 Å². The van der Waals surface area contributed by atoms with E-state index in [1.54, 1.807) is 0 Å². The van der Waals surface area contributed by atoms with Gasteiger partial charge in [0.2, 0.25) is 5.91 Å². The van der Waals surface area contributed by atoms with E-state index in [0.717, 1.165) is 28.1 Å². The van der Waals surface area contributed by atoms with E-state index < -0.39 is 0 Å². The lowest BCUT2D eigenvalue weighted by Crippen LogP contribution is -2.23. The Morgan fingerprint density at radius 3 is 2.28 bits per heavy atom. The minimum absolute atomic E-state index is 0.0927. The van der Waals surface area contributed by atoms with Crippen LogP contribution in [0.4, 0.5) is 5.69 Å². The van der Waals surface area contributed by atoms with Crippen molar-refractivity contribution in [3.8, 4) is 6.07 Å². The molecule has 1 amide bonds. The van der Waals surface area contributed by atoms with E-state index in [9.17, 15) is 10.1 Å². The summed E-state index contributed by atoms with van der Waals surface area (Å²) in [5.74, 6) is -0.0927. The van der Waals surface area contributed by atoms with Gasteiger partial charge in [0.1, 0.15) is 11.1 Å². The van der Waals surface area contributed by atoms with Gasteiger partial charge in [-0.1, -0.05) is 29.5 Å². The van der Waals surface area contributed by atoms with Crippen LogP contribution < -0.4 is 5.32 Å². The number of aryl methyl sites for hydroxylation is 5. The van der Waals surface area contributed by atoms with Crippen LogP contribution in [0.5, 0.6) is 0 Å². The maximum atomic E-state index is 12.6. The number of rotatable bonds is 4. The highest BCUT2D eigenvalue weighted by molar-refractivity contribution is 8.00. The molecule has 0 unspecified atom stereocenters. The van der Waals surface area contributed by atoms with Crippen molar-refractivity contribution in [1.29, 1.82) is 5.26 Å². The van der Waals surface area contributed by atoms with E-state index in [-0.39, 0.29) is 11.2 Å². The summed E-state index contributed by atoms with van der Waals surface area (Å²) in [6.07, 6.45) is 0. The van der Waals surface area contributed by atoms with Gasteiger partial charge < -0.3 is 5.32 Å². The number of thioether (sulfide) groups is 1. The maximum absolute atomic E-state index is 12.6. The van der Waals surface area contributed by atoms with Gasteiger partial charge in [0, 0.05) is 11.4 Å². The van der Waals surface area contributed by atoms with E-state index >= 15 is 0 Å². The molecule has 0 aliphatic rings. The molecule has 0 fully saturated rings. The fraction of sp³-hybridized carbons (Fsp3) is 0.350. The van der Waals surface area contributed by atoms with Crippen LogP contribution in [-0.4, -0.2) is 16.1 Å². The van der Waals surface area contributed by atoms with Crippen LogP contribution in [0.2, 0.25) is 0 Å². The molecule has 4 nitrogen and oxygen atoms in total. The second-order valence-corrected chi connectivity index (χ2v) is 7.73. The number of hydrogen-bond donors (Lipinski definition) is 1. The minimum Gasteiger partial charge on any atom is -0.325 e. The standard InChI is InChI=1S/C20H23N3OS/c1-11-7-13(3)18(14(4)8-11)23-19(24)16(6)25-20-17(10-21)12(2)9-15(5)22-20/h7-9,16H,1-6H3,(H,23,24)/t16-/m0/s1. The molecule has 2 rings (SSSR count). The van der Waals surface area contributed by atoms with Crippen molar-refractivity contribution in [3.63, 3.8) is 0 Å². The molecular weight excluding hydrogens is 330 g/mol. The number of nitrogens with one attached hydrogen (secondary N) is 1. The van der Waals surface area contributed by atoms with E-state index in [1.807, 2.05) is 47.6 Å². The molecule has 0 saturated heterocycles. The zero-order valence-corrected chi connectivity index (χ0v) is 16.3. The first-order valence-electron chi connectivity index (χ1n) is 8.16. The monoisotopic (exact) mass is 353 g/mol. The largest absolute Gasteiger partial charge is 0.325 e. The minimum atomic E-state index is -0.360. The molecule has 0 radical (unpaired) electrons. The highest BCUT2D eigenvalue weighted by Crippen LogP contribution is 2.29. The Balaban J connectivity index is 2.21. The van der Waals surface area contributed by atoms with Crippen LogP contribution in [-0.2, 0) is 4.79 Å². The van der Waals surface area contributed by atoms with Gasteiger partial charge in [0.05, 0.1) is 10.8 Å². The Morgan fingerprint density at radius 1 is 1.12 bits per heavy atom. The predicted octanol–water partition coefficient (Wildman–Crippen LogP) is 4.61. The number of anilines is 1. The van der Waals surface area contributed by atoms with Crippen LogP contribution in [0, 0.1) is 45.9 Å². The molecule has 0 aliphatic carbocycles. The number of hydrogen-bond acceptors (Lipinski definition) is 4. The number of nitriles is 1. The second-order valence-electron chi connectivity index (χ2n) is 6.40. The van der Waals surface area contributed by atoms with Gasteiger partial charge in [-0.15, -0.1) is 0 Å². The fourth-order valence-electron chi connectivity index (χ4n) is 2.85. The average molecular weight is 353 g/mol. The summed E-state index contributed by atoms with van der Waals surface area (Å²) in [6.45, 7) is 11.6. The first kappa shape index (κ1) is 19.0. The van der Waals surface area contributed by atoms with E-state index in [0.29, 0.717) is 10.6 Å². The molecule has 1 aromatic heterocycles. The molecule has 1 N–H and O–H groups in total. The molecule has 2 aromatic rings. The van der Waals surface area contributed by atoms with Gasteiger partial charge in [-0.05, 0) is 64.3 Å². The summed E-state index contributed by atoms with van der Waals surface area (Å²) in [5, 5.41) is 12.6.